The molecule has 0 bridgehead atoms. The lowest BCUT2D eigenvalue weighted by Gasteiger charge is -2.25. The smallest absolute Gasteiger partial charge is 0.242 e. The number of nitrogens with zero attached hydrogens (tertiary/aromatic N) is 4. The molecule has 0 saturated heterocycles. The summed E-state index contributed by atoms with van der Waals surface area (Å²) < 4.78 is 29.9. The summed E-state index contributed by atoms with van der Waals surface area (Å²) in [7, 11) is -3.58. The first-order valence-electron chi connectivity index (χ1n) is 8.49. The molecule has 1 aromatic carbocycles. The van der Waals surface area contributed by atoms with Crippen LogP contribution >= 0.6 is 0 Å². The average molecular weight is 369 g/mol. The molecule has 1 aliphatic rings. The zero-order valence-electron chi connectivity index (χ0n) is 14.1. The number of pyridine rings is 1. The molecule has 0 amide bonds. The van der Waals surface area contributed by atoms with Gasteiger partial charge in [-0.05, 0) is 24.1 Å². The molecule has 0 spiro atoms. The quantitative estimate of drug-likeness (QED) is 0.737. The van der Waals surface area contributed by atoms with Gasteiger partial charge in [-0.2, -0.15) is 0 Å². The van der Waals surface area contributed by atoms with Crippen LogP contribution in [0.3, 0.4) is 0 Å². The molecule has 0 saturated carbocycles. The van der Waals surface area contributed by atoms with Crippen LogP contribution in [0.5, 0.6) is 0 Å². The summed E-state index contributed by atoms with van der Waals surface area (Å²) in [5.41, 5.74) is 1.15. The minimum atomic E-state index is -3.58. The summed E-state index contributed by atoms with van der Waals surface area (Å²) in [6.45, 7) is 0.532. The predicted molar refractivity (Wildman–Crippen MR) is 95.9 cm³/mol. The summed E-state index contributed by atoms with van der Waals surface area (Å²) >= 11 is 0. The zero-order valence-corrected chi connectivity index (χ0v) is 14.9. The van der Waals surface area contributed by atoms with Gasteiger partial charge in [0.15, 0.2) is 0 Å². The van der Waals surface area contributed by atoms with Crippen molar-refractivity contribution in [1.82, 2.24) is 24.5 Å². The Morgan fingerprint density at radius 1 is 1.12 bits per heavy atom. The fraction of sp³-hybridized carbons (Fsp3) is 0.278. The summed E-state index contributed by atoms with van der Waals surface area (Å²) in [4.78, 5) is 4.07. The van der Waals surface area contributed by atoms with Crippen LogP contribution in [-0.4, -0.2) is 34.2 Å². The topological polar surface area (TPSA) is 89.8 Å². The minimum absolute atomic E-state index is 0.180. The van der Waals surface area contributed by atoms with E-state index in [4.69, 9.17) is 0 Å². The Balaban J connectivity index is 1.52. The SMILES string of the molecule is O=S(=O)(NC1CCc2nnc(Cc3ccccc3)n2C1)c1cccnc1. The van der Waals surface area contributed by atoms with Crippen molar-refractivity contribution in [3.05, 3.63) is 72.1 Å². The Kier molecular flexibility index (Phi) is 4.52. The number of hydrogen-bond donors (Lipinski definition) is 1. The van der Waals surface area contributed by atoms with E-state index in [9.17, 15) is 8.42 Å². The third-order valence-corrected chi connectivity index (χ3v) is 6.00. The van der Waals surface area contributed by atoms with Crippen LogP contribution in [0.2, 0.25) is 0 Å². The van der Waals surface area contributed by atoms with Gasteiger partial charge >= 0.3 is 0 Å². The van der Waals surface area contributed by atoms with E-state index >= 15 is 0 Å². The van der Waals surface area contributed by atoms with Gasteiger partial charge in [-0.1, -0.05) is 30.3 Å². The number of aromatic nitrogens is 4. The maximum Gasteiger partial charge on any atom is 0.242 e. The molecule has 1 unspecified atom stereocenters. The molecule has 8 heteroatoms. The Hall–Kier alpha value is -2.58. The molecule has 3 aromatic rings. The largest absolute Gasteiger partial charge is 0.313 e. The van der Waals surface area contributed by atoms with Crippen LogP contribution in [0, 0.1) is 0 Å². The minimum Gasteiger partial charge on any atom is -0.313 e. The summed E-state index contributed by atoms with van der Waals surface area (Å²) in [5, 5.41) is 8.58. The Morgan fingerprint density at radius 3 is 2.73 bits per heavy atom. The molecule has 134 valence electrons. The van der Waals surface area contributed by atoms with Gasteiger partial charge in [-0.25, -0.2) is 13.1 Å². The number of nitrogens with one attached hydrogen (secondary N) is 1. The standard InChI is InChI=1S/C18H19N5O2S/c24-26(25,16-7-4-10-19-12-16)22-15-8-9-17-20-21-18(23(17)13-15)11-14-5-2-1-3-6-14/h1-7,10,12,15,22H,8-9,11,13H2. The van der Waals surface area contributed by atoms with Gasteiger partial charge in [0.25, 0.3) is 0 Å². The highest BCUT2D eigenvalue weighted by molar-refractivity contribution is 7.89. The van der Waals surface area contributed by atoms with Crippen LogP contribution in [0.4, 0.5) is 0 Å². The third kappa shape index (κ3) is 3.51. The van der Waals surface area contributed by atoms with E-state index in [1.54, 1.807) is 18.3 Å². The molecule has 4 rings (SSSR count). The second kappa shape index (κ2) is 6.97. The second-order valence-corrected chi connectivity index (χ2v) is 8.07. The predicted octanol–water partition coefficient (Wildman–Crippen LogP) is 1.56. The number of sulfonamides is 1. The van der Waals surface area contributed by atoms with Crippen LogP contribution in [0.25, 0.3) is 0 Å². The molecular weight excluding hydrogens is 350 g/mol. The van der Waals surface area contributed by atoms with Crippen LogP contribution in [-0.2, 0) is 29.4 Å². The third-order valence-electron chi connectivity index (χ3n) is 4.49. The van der Waals surface area contributed by atoms with Crippen molar-refractivity contribution in [2.45, 2.75) is 36.7 Å². The van der Waals surface area contributed by atoms with Crippen molar-refractivity contribution >= 4 is 10.0 Å². The number of rotatable bonds is 5. The molecule has 1 aliphatic heterocycles. The lowest BCUT2D eigenvalue weighted by Crippen LogP contribution is -2.41. The fourth-order valence-electron chi connectivity index (χ4n) is 3.18. The average Bonchev–Trinajstić information content (AvgIpc) is 3.05. The molecule has 26 heavy (non-hydrogen) atoms. The van der Waals surface area contributed by atoms with Gasteiger partial charge in [-0.15, -0.1) is 10.2 Å². The van der Waals surface area contributed by atoms with Crippen LogP contribution < -0.4 is 4.72 Å². The maximum atomic E-state index is 12.5. The molecular formula is C18H19N5O2S. The van der Waals surface area contributed by atoms with Crippen LogP contribution in [0.1, 0.15) is 23.6 Å². The maximum absolute atomic E-state index is 12.5. The van der Waals surface area contributed by atoms with Crippen molar-refractivity contribution in [3.8, 4) is 0 Å². The van der Waals surface area contributed by atoms with Crippen LogP contribution in [0.15, 0.2) is 59.8 Å². The monoisotopic (exact) mass is 369 g/mol. The Morgan fingerprint density at radius 2 is 1.96 bits per heavy atom. The highest BCUT2D eigenvalue weighted by atomic mass is 32.2. The van der Waals surface area contributed by atoms with Gasteiger partial charge in [0.05, 0.1) is 0 Å². The van der Waals surface area contributed by atoms with Gasteiger partial charge in [0.1, 0.15) is 16.5 Å². The van der Waals surface area contributed by atoms with Crippen molar-refractivity contribution in [2.24, 2.45) is 0 Å². The number of hydrogen-bond acceptors (Lipinski definition) is 5. The van der Waals surface area contributed by atoms with E-state index in [2.05, 4.69) is 19.9 Å². The van der Waals surface area contributed by atoms with Crippen molar-refractivity contribution in [2.75, 3.05) is 0 Å². The first kappa shape index (κ1) is 16.9. The molecule has 0 aliphatic carbocycles. The van der Waals surface area contributed by atoms with E-state index in [1.807, 2.05) is 34.9 Å². The first-order chi connectivity index (χ1) is 12.6. The molecule has 0 radical (unpaired) electrons. The van der Waals surface area contributed by atoms with E-state index in [0.29, 0.717) is 25.8 Å². The molecule has 3 heterocycles. The van der Waals surface area contributed by atoms with Gasteiger partial charge < -0.3 is 4.57 Å². The Labute approximate surface area is 152 Å². The second-order valence-electron chi connectivity index (χ2n) is 6.35. The Bertz CT molecular complexity index is 987. The number of aryl methyl sites for hydroxylation is 1. The van der Waals surface area contributed by atoms with E-state index in [-0.39, 0.29) is 10.9 Å². The van der Waals surface area contributed by atoms with Crippen molar-refractivity contribution in [3.63, 3.8) is 0 Å². The zero-order chi connectivity index (χ0) is 18.0. The fourth-order valence-corrected chi connectivity index (χ4v) is 4.41. The number of benzene rings is 1. The molecule has 7 nitrogen and oxygen atoms in total. The first-order valence-corrected chi connectivity index (χ1v) is 9.97. The van der Waals surface area contributed by atoms with E-state index in [0.717, 1.165) is 17.2 Å². The highest BCUT2D eigenvalue weighted by Gasteiger charge is 2.27. The summed E-state index contributed by atoms with van der Waals surface area (Å²) in [6.07, 6.45) is 4.98. The lowest BCUT2D eigenvalue weighted by molar-refractivity contribution is 0.414. The van der Waals surface area contributed by atoms with E-state index in [1.165, 1.54) is 6.20 Å². The lowest BCUT2D eigenvalue weighted by atomic mass is 10.1. The van der Waals surface area contributed by atoms with Gasteiger partial charge in [0, 0.05) is 37.8 Å². The van der Waals surface area contributed by atoms with Crippen molar-refractivity contribution in [1.29, 1.82) is 0 Å². The molecule has 1 atom stereocenters. The molecule has 0 fully saturated rings. The van der Waals surface area contributed by atoms with Gasteiger partial charge in [-0.3, -0.25) is 4.98 Å². The highest BCUT2D eigenvalue weighted by Crippen LogP contribution is 2.19. The normalized spacial score (nSPS) is 17.0. The molecule has 2 aromatic heterocycles. The number of fused-ring (bicyclic) bond motifs is 1. The summed E-state index contributed by atoms with van der Waals surface area (Å²) in [5.74, 6) is 1.77. The van der Waals surface area contributed by atoms with Gasteiger partial charge in [0.2, 0.25) is 10.0 Å². The molecule has 1 N–H and O–H groups in total. The van der Waals surface area contributed by atoms with Crippen molar-refractivity contribution < 1.29 is 8.42 Å². The van der Waals surface area contributed by atoms with E-state index < -0.39 is 10.0 Å². The summed E-state index contributed by atoms with van der Waals surface area (Å²) in [6, 6.07) is 13.0.